The van der Waals surface area contributed by atoms with Crippen LogP contribution in [0.15, 0.2) is 47.4 Å². The molecule has 1 fully saturated rings. The van der Waals surface area contributed by atoms with Gasteiger partial charge in [-0.3, -0.25) is 4.79 Å². The van der Waals surface area contributed by atoms with Crippen molar-refractivity contribution in [2.75, 3.05) is 23.3 Å². The molecule has 1 N–H and O–H groups in total. The molecule has 2 aliphatic heterocycles. The van der Waals surface area contributed by atoms with E-state index in [0.29, 0.717) is 5.69 Å². The molecule has 2 aromatic rings. The molecular formula is C20H21FN2OS. The number of hydrogen-bond acceptors (Lipinski definition) is 3. The van der Waals surface area contributed by atoms with Gasteiger partial charge in [0.2, 0.25) is 5.91 Å². The molecule has 0 saturated carbocycles. The fourth-order valence-electron chi connectivity index (χ4n) is 3.56. The molecule has 130 valence electrons. The van der Waals surface area contributed by atoms with Crippen molar-refractivity contribution in [3.8, 4) is 0 Å². The first-order chi connectivity index (χ1) is 12.2. The second-order valence-electron chi connectivity index (χ2n) is 6.62. The van der Waals surface area contributed by atoms with Crippen LogP contribution in [-0.4, -0.2) is 24.2 Å². The van der Waals surface area contributed by atoms with Gasteiger partial charge in [-0.1, -0.05) is 18.2 Å². The number of halogens is 1. The van der Waals surface area contributed by atoms with Crippen molar-refractivity contribution in [2.24, 2.45) is 0 Å². The molecule has 0 aliphatic carbocycles. The summed E-state index contributed by atoms with van der Waals surface area (Å²) in [4.78, 5) is 16.2. The lowest BCUT2D eigenvalue weighted by atomic mass is 10.1. The molecule has 4 rings (SSSR count). The highest BCUT2D eigenvalue weighted by atomic mass is 32.2. The number of anilines is 2. The Labute approximate surface area is 151 Å². The summed E-state index contributed by atoms with van der Waals surface area (Å²) < 4.78 is 13.8. The van der Waals surface area contributed by atoms with Crippen molar-refractivity contribution in [1.82, 2.24) is 0 Å². The standard InChI is InChI=1S/C20H21FN2OS/c21-15-8-9-17(23-10-4-1-5-11-23)16(13-15)22-20(24)19-12-14-6-2-3-7-18(14)25-19/h2-3,6-9,13,19H,1,4-5,10-12H2,(H,22,24). The number of carbonyl (C=O) groups excluding carboxylic acids is 1. The minimum atomic E-state index is -0.321. The molecule has 1 saturated heterocycles. The van der Waals surface area contributed by atoms with E-state index in [4.69, 9.17) is 0 Å². The normalized spacial score (nSPS) is 19.6. The average Bonchev–Trinajstić information content (AvgIpc) is 3.07. The van der Waals surface area contributed by atoms with E-state index in [1.54, 1.807) is 17.8 Å². The van der Waals surface area contributed by atoms with E-state index in [9.17, 15) is 9.18 Å². The second-order valence-corrected chi connectivity index (χ2v) is 7.86. The molecule has 2 aromatic carbocycles. The van der Waals surface area contributed by atoms with Gasteiger partial charge in [0.05, 0.1) is 16.6 Å². The molecule has 2 heterocycles. The summed E-state index contributed by atoms with van der Waals surface area (Å²) >= 11 is 1.59. The van der Waals surface area contributed by atoms with E-state index < -0.39 is 0 Å². The van der Waals surface area contributed by atoms with E-state index in [2.05, 4.69) is 22.3 Å². The van der Waals surface area contributed by atoms with Crippen LogP contribution >= 0.6 is 11.8 Å². The Morgan fingerprint density at radius 3 is 2.72 bits per heavy atom. The van der Waals surface area contributed by atoms with Crippen LogP contribution in [-0.2, 0) is 11.2 Å². The molecule has 1 amide bonds. The smallest absolute Gasteiger partial charge is 0.238 e. The Bertz CT molecular complexity index is 764. The van der Waals surface area contributed by atoms with Crippen molar-refractivity contribution < 1.29 is 9.18 Å². The van der Waals surface area contributed by atoms with Crippen LogP contribution in [0.4, 0.5) is 15.8 Å². The number of hydrogen-bond donors (Lipinski definition) is 1. The summed E-state index contributed by atoms with van der Waals surface area (Å²) in [6, 6.07) is 12.8. The van der Waals surface area contributed by atoms with Crippen molar-refractivity contribution in [3.05, 3.63) is 53.8 Å². The number of thioether (sulfide) groups is 1. The minimum absolute atomic E-state index is 0.0509. The Kier molecular flexibility index (Phi) is 4.66. The highest BCUT2D eigenvalue weighted by Gasteiger charge is 2.29. The van der Waals surface area contributed by atoms with E-state index in [0.717, 1.165) is 42.9 Å². The topological polar surface area (TPSA) is 32.3 Å². The van der Waals surface area contributed by atoms with Crippen molar-refractivity contribution in [1.29, 1.82) is 0 Å². The predicted octanol–water partition coefficient (Wildman–Crippen LogP) is 4.47. The number of nitrogens with one attached hydrogen (secondary N) is 1. The molecule has 1 atom stereocenters. The van der Waals surface area contributed by atoms with Crippen molar-refractivity contribution in [2.45, 2.75) is 35.8 Å². The molecule has 3 nitrogen and oxygen atoms in total. The van der Waals surface area contributed by atoms with Gasteiger partial charge in [0.25, 0.3) is 0 Å². The molecular weight excluding hydrogens is 335 g/mol. The van der Waals surface area contributed by atoms with Gasteiger partial charge in [-0.15, -0.1) is 11.8 Å². The highest BCUT2D eigenvalue weighted by Crippen LogP contribution is 2.38. The van der Waals surface area contributed by atoms with E-state index in [-0.39, 0.29) is 17.0 Å². The van der Waals surface area contributed by atoms with Crippen LogP contribution in [0, 0.1) is 5.82 Å². The van der Waals surface area contributed by atoms with Gasteiger partial charge in [-0.05, 0) is 55.5 Å². The number of amides is 1. The van der Waals surface area contributed by atoms with Crippen molar-refractivity contribution in [3.63, 3.8) is 0 Å². The SMILES string of the molecule is O=C(Nc1cc(F)ccc1N1CCCCC1)C1Cc2ccccc2S1. The van der Waals surface area contributed by atoms with Crippen LogP contribution in [0.5, 0.6) is 0 Å². The van der Waals surface area contributed by atoms with E-state index in [1.165, 1.54) is 24.1 Å². The van der Waals surface area contributed by atoms with Crippen molar-refractivity contribution >= 4 is 29.0 Å². The first-order valence-electron chi connectivity index (χ1n) is 8.80. The van der Waals surface area contributed by atoms with E-state index in [1.807, 2.05) is 12.1 Å². The van der Waals surface area contributed by atoms with E-state index >= 15 is 0 Å². The van der Waals surface area contributed by atoms with Crippen LogP contribution in [0.1, 0.15) is 24.8 Å². The first-order valence-corrected chi connectivity index (χ1v) is 9.68. The zero-order valence-electron chi connectivity index (χ0n) is 14.0. The summed E-state index contributed by atoms with van der Waals surface area (Å²) in [6.07, 6.45) is 4.23. The fraction of sp³-hybridized carbons (Fsp3) is 0.350. The molecule has 0 spiro atoms. The molecule has 2 aliphatic rings. The maximum Gasteiger partial charge on any atom is 0.238 e. The number of nitrogens with zero attached hydrogens (tertiary/aromatic N) is 1. The Morgan fingerprint density at radius 1 is 1.12 bits per heavy atom. The maximum absolute atomic E-state index is 13.8. The number of benzene rings is 2. The minimum Gasteiger partial charge on any atom is -0.370 e. The van der Waals surface area contributed by atoms with Gasteiger partial charge in [0.15, 0.2) is 0 Å². The van der Waals surface area contributed by atoms with Gasteiger partial charge < -0.3 is 10.2 Å². The lowest BCUT2D eigenvalue weighted by Crippen LogP contribution is -2.31. The molecule has 5 heteroatoms. The van der Waals surface area contributed by atoms with Crippen LogP contribution < -0.4 is 10.2 Å². The quantitative estimate of drug-likeness (QED) is 0.880. The number of fused-ring (bicyclic) bond motifs is 1. The molecule has 1 unspecified atom stereocenters. The zero-order chi connectivity index (χ0) is 17.2. The zero-order valence-corrected chi connectivity index (χ0v) is 14.8. The van der Waals surface area contributed by atoms with Crippen LogP contribution in [0.25, 0.3) is 0 Å². The number of rotatable bonds is 3. The van der Waals surface area contributed by atoms with Gasteiger partial charge in [0, 0.05) is 18.0 Å². The largest absolute Gasteiger partial charge is 0.370 e. The van der Waals surface area contributed by atoms with Gasteiger partial charge >= 0.3 is 0 Å². The van der Waals surface area contributed by atoms with Gasteiger partial charge in [-0.25, -0.2) is 4.39 Å². The van der Waals surface area contributed by atoms with Crippen LogP contribution in [0.3, 0.4) is 0 Å². The third-order valence-electron chi connectivity index (χ3n) is 4.85. The summed E-state index contributed by atoms with van der Waals surface area (Å²) in [7, 11) is 0. The predicted molar refractivity (Wildman–Crippen MR) is 101 cm³/mol. The number of piperidine rings is 1. The Hall–Kier alpha value is -2.01. The van der Waals surface area contributed by atoms with Gasteiger partial charge in [0.1, 0.15) is 5.82 Å². The maximum atomic E-state index is 13.8. The Morgan fingerprint density at radius 2 is 1.92 bits per heavy atom. The summed E-state index contributed by atoms with van der Waals surface area (Å²) in [6.45, 7) is 1.91. The summed E-state index contributed by atoms with van der Waals surface area (Å²) in [5.74, 6) is -0.372. The fourth-order valence-corrected chi connectivity index (χ4v) is 4.76. The van der Waals surface area contributed by atoms with Crippen LogP contribution in [0.2, 0.25) is 0 Å². The first kappa shape index (κ1) is 16.5. The average molecular weight is 356 g/mol. The third kappa shape index (κ3) is 3.52. The molecule has 0 radical (unpaired) electrons. The lowest BCUT2D eigenvalue weighted by Gasteiger charge is -2.30. The van der Waals surface area contributed by atoms with Gasteiger partial charge in [-0.2, -0.15) is 0 Å². The second kappa shape index (κ2) is 7.08. The molecule has 0 aromatic heterocycles. The monoisotopic (exact) mass is 356 g/mol. The number of carbonyl (C=O) groups is 1. The molecule has 25 heavy (non-hydrogen) atoms. The molecule has 0 bridgehead atoms. The summed E-state index contributed by atoms with van der Waals surface area (Å²) in [5, 5.41) is 2.83. The Balaban J connectivity index is 1.52. The lowest BCUT2D eigenvalue weighted by molar-refractivity contribution is -0.115. The highest BCUT2D eigenvalue weighted by molar-refractivity contribution is 8.01. The third-order valence-corrected chi connectivity index (χ3v) is 6.17. The summed E-state index contributed by atoms with van der Waals surface area (Å²) in [5.41, 5.74) is 2.72.